The van der Waals surface area contributed by atoms with Crippen LogP contribution in [0.4, 0.5) is 5.69 Å². The van der Waals surface area contributed by atoms with E-state index in [0.29, 0.717) is 12.5 Å². The zero-order chi connectivity index (χ0) is 16.9. The van der Waals surface area contributed by atoms with Gasteiger partial charge in [0.1, 0.15) is 0 Å². The Morgan fingerprint density at radius 3 is 2.79 bits per heavy atom. The van der Waals surface area contributed by atoms with E-state index < -0.39 is 0 Å². The molecule has 1 aliphatic heterocycles. The summed E-state index contributed by atoms with van der Waals surface area (Å²) in [6.07, 6.45) is 2.25. The molecule has 1 amide bonds. The third-order valence-electron chi connectivity index (χ3n) is 4.86. The van der Waals surface area contributed by atoms with E-state index in [4.69, 9.17) is 4.74 Å². The van der Waals surface area contributed by atoms with E-state index >= 15 is 0 Å². The predicted molar refractivity (Wildman–Crippen MR) is 96.0 cm³/mol. The number of amides is 1. The topological polar surface area (TPSA) is 54.5 Å². The van der Waals surface area contributed by atoms with Gasteiger partial charge in [-0.2, -0.15) is 0 Å². The molecule has 1 saturated heterocycles. The lowest BCUT2D eigenvalue weighted by molar-refractivity contribution is -0.117. The van der Waals surface area contributed by atoms with Crippen molar-refractivity contribution in [2.24, 2.45) is 5.92 Å². The van der Waals surface area contributed by atoms with Crippen molar-refractivity contribution in [1.29, 1.82) is 0 Å². The maximum absolute atomic E-state index is 12.5. The average Bonchev–Trinajstić information content (AvgIpc) is 2.62. The maximum atomic E-state index is 12.5. The molecule has 3 rings (SSSR count). The highest BCUT2D eigenvalue weighted by Gasteiger charge is 2.24. The number of nitrogens with zero attached hydrogens (tertiary/aromatic N) is 2. The van der Waals surface area contributed by atoms with Gasteiger partial charge in [0.05, 0.1) is 24.4 Å². The van der Waals surface area contributed by atoms with Gasteiger partial charge in [-0.25, -0.2) is 0 Å². The minimum Gasteiger partial charge on any atom is -0.379 e. The number of nitrogens with one attached hydrogen (secondary N) is 1. The van der Waals surface area contributed by atoms with Gasteiger partial charge in [-0.15, -0.1) is 0 Å². The third kappa shape index (κ3) is 3.91. The second-order valence-corrected chi connectivity index (χ2v) is 6.50. The minimum absolute atomic E-state index is 0.0424. The van der Waals surface area contributed by atoms with Crippen LogP contribution in [0.3, 0.4) is 0 Å². The molecule has 128 valence electrons. The Morgan fingerprint density at radius 1 is 1.25 bits per heavy atom. The van der Waals surface area contributed by atoms with Crippen molar-refractivity contribution in [2.45, 2.75) is 26.3 Å². The van der Waals surface area contributed by atoms with Crippen LogP contribution >= 0.6 is 0 Å². The van der Waals surface area contributed by atoms with Crippen LogP contribution in [0.1, 0.15) is 20.3 Å². The number of pyridine rings is 1. The summed E-state index contributed by atoms with van der Waals surface area (Å²) >= 11 is 0. The number of hydrogen-bond donors (Lipinski definition) is 1. The first-order chi connectivity index (χ1) is 11.6. The average molecular weight is 327 g/mol. The zero-order valence-corrected chi connectivity index (χ0v) is 14.4. The number of hydrogen-bond acceptors (Lipinski definition) is 4. The number of carbonyl (C=O) groups excluding carboxylic acids is 1. The number of fused-ring (bicyclic) bond motifs is 1. The Bertz CT molecular complexity index is 693. The molecular weight excluding hydrogens is 302 g/mol. The Balaban J connectivity index is 1.62. The van der Waals surface area contributed by atoms with Gasteiger partial charge in [-0.1, -0.05) is 25.1 Å². The molecule has 2 aromatic rings. The smallest absolute Gasteiger partial charge is 0.224 e. The van der Waals surface area contributed by atoms with Gasteiger partial charge in [0.15, 0.2) is 0 Å². The molecule has 0 radical (unpaired) electrons. The van der Waals surface area contributed by atoms with Crippen LogP contribution in [0.5, 0.6) is 0 Å². The summed E-state index contributed by atoms with van der Waals surface area (Å²) in [6.45, 7) is 7.79. The number of anilines is 1. The summed E-state index contributed by atoms with van der Waals surface area (Å²) in [6, 6.07) is 10.1. The Morgan fingerprint density at radius 2 is 2.00 bits per heavy atom. The van der Waals surface area contributed by atoms with Crippen LogP contribution in [0.2, 0.25) is 0 Å². The summed E-state index contributed by atoms with van der Waals surface area (Å²) in [5.74, 6) is 0.326. The standard InChI is InChI=1S/C19H25N3O2/c1-14(15(2)22-9-11-24-12-10-22)13-18(23)21-17-7-3-5-16-6-4-8-20-19(16)17/h3-8,14-15H,9-13H2,1-2H3,(H,21,23). The quantitative estimate of drug-likeness (QED) is 0.917. The minimum atomic E-state index is 0.0424. The zero-order valence-electron chi connectivity index (χ0n) is 14.4. The fraction of sp³-hybridized carbons (Fsp3) is 0.474. The van der Waals surface area contributed by atoms with Crippen molar-refractivity contribution in [3.8, 4) is 0 Å². The van der Waals surface area contributed by atoms with Gasteiger partial charge < -0.3 is 10.1 Å². The largest absolute Gasteiger partial charge is 0.379 e. The summed E-state index contributed by atoms with van der Waals surface area (Å²) in [7, 11) is 0. The van der Waals surface area contributed by atoms with Gasteiger partial charge in [-0.05, 0) is 25.0 Å². The summed E-state index contributed by atoms with van der Waals surface area (Å²) < 4.78 is 5.40. The number of rotatable bonds is 5. The van der Waals surface area contributed by atoms with E-state index in [1.165, 1.54) is 0 Å². The van der Waals surface area contributed by atoms with Gasteiger partial charge in [0.25, 0.3) is 0 Å². The van der Waals surface area contributed by atoms with E-state index in [1.807, 2.05) is 30.3 Å². The second-order valence-electron chi connectivity index (χ2n) is 6.50. The fourth-order valence-corrected chi connectivity index (χ4v) is 3.21. The molecule has 2 heterocycles. The molecule has 1 aromatic heterocycles. The molecule has 1 aromatic carbocycles. The lowest BCUT2D eigenvalue weighted by Gasteiger charge is -2.35. The third-order valence-corrected chi connectivity index (χ3v) is 4.86. The Hall–Kier alpha value is -1.98. The van der Waals surface area contributed by atoms with E-state index in [9.17, 15) is 4.79 Å². The monoisotopic (exact) mass is 327 g/mol. The van der Waals surface area contributed by atoms with E-state index in [-0.39, 0.29) is 11.8 Å². The van der Waals surface area contributed by atoms with E-state index in [1.54, 1.807) is 6.20 Å². The number of ether oxygens (including phenoxy) is 1. The second kappa shape index (κ2) is 7.73. The van der Waals surface area contributed by atoms with Gasteiger partial charge in [0.2, 0.25) is 5.91 Å². The van der Waals surface area contributed by atoms with Crippen molar-refractivity contribution < 1.29 is 9.53 Å². The molecule has 24 heavy (non-hydrogen) atoms. The van der Waals surface area contributed by atoms with Crippen LogP contribution in [0.25, 0.3) is 10.9 Å². The summed E-state index contributed by atoms with van der Waals surface area (Å²) in [4.78, 5) is 19.3. The summed E-state index contributed by atoms with van der Waals surface area (Å²) in [5, 5.41) is 4.06. The lowest BCUT2D eigenvalue weighted by atomic mass is 9.97. The van der Waals surface area contributed by atoms with Gasteiger partial charge in [-0.3, -0.25) is 14.7 Å². The maximum Gasteiger partial charge on any atom is 0.224 e. The number of aromatic nitrogens is 1. The van der Waals surface area contributed by atoms with Crippen molar-refractivity contribution in [2.75, 3.05) is 31.6 Å². The molecule has 0 aliphatic carbocycles. The number of para-hydroxylation sites is 1. The molecule has 0 bridgehead atoms. The van der Waals surface area contributed by atoms with Crippen LogP contribution in [-0.4, -0.2) is 48.1 Å². The highest BCUT2D eigenvalue weighted by atomic mass is 16.5. The lowest BCUT2D eigenvalue weighted by Crippen LogP contribution is -2.45. The van der Waals surface area contributed by atoms with E-state index in [0.717, 1.165) is 42.9 Å². The van der Waals surface area contributed by atoms with Crippen molar-refractivity contribution in [3.63, 3.8) is 0 Å². The van der Waals surface area contributed by atoms with Crippen molar-refractivity contribution in [3.05, 3.63) is 36.5 Å². The first-order valence-electron chi connectivity index (χ1n) is 8.60. The highest BCUT2D eigenvalue weighted by molar-refractivity contribution is 6.00. The molecule has 5 nitrogen and oxygen atoms in total. The molecule has 1 N–H and O–H groups in total. The van der Waals surface area contributed by atoms with E-state index in [2.05, 4.69) is 29.0 Å². The van der Waals surface area contributed by atoms with Gasteiger partial charge >= 0.3 is 0 Å². The molecule has 0 saturated carbocycles. The van der Waals surface area contributed by atoms with Crippen LogP contribution in [-0.2, 0) is 9.53 Å². The first kappa shape index (κ1) is 16.9. The molecule has 2 unspecified atom stereocenters. The Kier molecular flexibility index (Phi) is 5.43. The number of morpholine rings is 1. The van der Waals surface area contributed by atoms with Crippen molar-refractivity contribution in [1.82, 2.24) is 9.88 Å². The Labute approximate surface area is 143 Å². The molecule has 0 spiro atoms. The molecule has 1 aliphatic rings. The number of benzene rings is 1. The predicted octanol–water partition coefficient (Wildman–Crippen LogP) is 2.92. The molecule has 2 atom stereocenters. The van der Waals surface area contributed by atoms with Crippen LogP contribution in [0, 0.1) is 5.92 Å². The summed E-state index contributed by atoms with van der Waals surface area (Å²) in [5.41, 5.74) is 1.62. The first-order valence-corrected chi connectivity index (χ1v) is 8.60. The van der Waals surface area contributed by atoms with Crippen LogP contribution < -0.4 is 5.32 Å². The van der Waals surface area contributed by atoms with Crippen LogP contribution in [0.15, 0.2) is 36.5 Å². The van der Waals surface area contributed by atoms with Crippen molar-refractivity contribution >= 4 is 22.5 Å². The normalized spacial score (nSPS) is 18.2. The molecular formula is C19H25N3O2. The van der Waals surface area contributed by atoms with Gasteiger partial charge in [0, 0.05) is 37.1 Å². The SMILES string of the molecule is CC(CC(=O)Nc1cccc2cccnc12)C(C)N1CCOCC1. The highest BCUT2D eigenvalue weighted by Crippen LogP contribution is 2.22. The molecule has 1 fully saturated rings. The molecule has 5 heteroatoms. The number of carbonyl (C=O) groups is 1. The fourth-order valence-electron chi connectivity index (χ4n) is 3.21.